The van der Waals surface area contributed by atoms with E-state index in [4.69, 9.17) is 9.47 Å². The van der Waals surface area contributed by atoms with Crippen LogP contribution in [0.1, 0.15) is 18.4 Å². The van der Waals surface area contributed by atoms with Crippen LogP contribution in [-0.2, 0) is 16.1 Å². The topological polar surface area (TPSA) is 35.5 Å². The fourth-order valence-corrected chi connectivity index (χ4v) is 2.46. The van der Waals surface area contributed by atoms with Gasteiger partial charge in [-0.1, -0.05) is 36.4 Å². The summed E-state index contributed by atoms with van der Waals surface area (Å²) in [5, 5.41) is 0. The maximum absolute atomic E-state index is 10.4. The Balaban J connectivity index is 1.54. The molecule has 3 rings (SSSR count). The smallest absolute Gasteiger partial charge is 0.142 e. The van der Waals surface area contributed by atoms with Gasteiger partial charge in [-0.2, -0.15) is 0 Å². The second-order valence-corrected chi connectivity index (χ2v) is 5.91. The minimum Gasteiger partial charge on any atom is -0.457 e. The SMILES string of the molecule is O=CC=CC1(COCc2cccc(Oc3ccccc3)c2)CC1. The normalized spacial score (nSPS) is 15.5. The van der Waals surface area contributed by atoms with Gasteiger partial charge >= 0.3 is 0 Å². The van der Waals surface area contributed by atoms with Crippen molar-refractivity contribution in [3.63, 3.8) is 0 Å². The summed E-state index contributed by atoms with van der Waals surface area (Å²) < 4.78 is 11.7. The molecule has 0 amide bonds. The molecule has 23 heavy (non-hydrogen) atoms. The van der Waals surface area contributed by atoms with E-state index in [0.717, 1.165) is 36.2 Å². The van der Waals surface area contributed by atoms with E-state index in [2.05, 4.69) is 0 Å². The largest absolute Gasteiger partial charge is 0.457 e. The molecule has 0 heterocycles. The Morgan fingerprint density at radius 3 is 2.52 bits per heavy atom. The lowest BCUT2D eigenvalue weighted by atomic mass is 10.1. The highest BCUT2D eigenvalue weighted by Gasteiger charge is 2.40. The monoisotopic (exact) mass is 308 g/mol. The first-order chi connectivity index (χ1) is 11.3. The molecule has 3 heteroatoms. The summed E-state index contributed by atoms with van der Waals surface area (Å²) in [5.74, 6) is 1.63. The second-order valence-electron chi connectivity index (χ2n) is 5.91. The Morgan fingerprint density at radius 1 is 1.00 bits per heavy atom. The molecule has 0 saturated heterocycles. The van der Waals surface area contributed by atoms with Crippen LogP contribution in [0.5, 0.6) is 11.5 Å². The number of carbonyl (C=O) groups is 1. The van der Waals surface area contributed by atoms with Gasteiger partial charge in [0.2, 0.25) is 0 Å². The van der Waals surface area contributed by atoms with Crippen LogP contribution in [0, 0.1) is 5.41 Å². The predicted octanol–water partition coefficient (Wildman–Crippen LogP) is 4.53. The minimum absolute atomic E-state index is 0.0824. The van der Waals surface area contributed by atoms with Gasteiger partial charge in [-0.05, 0) is 48.7 Å². The summed E-state index contributed by atoms with van der Waals surface area (Å²) in [7, 11) is 0. The molecule has 1 saturated carbocycles. The number of para-hydroxylation sites is 1. The molecule has 1 aliphatic carbocycles. The molecule has 0 N–H and O–H groups in total. The van der Waals surface area contributed by atoms with Gasteiger partial charge in [-0.15, -0.1) is 0 Å². The number of allylic oxidation sites excluding steroid dienone is 1. The highest BCUT2D eigenvalue weighted by molar-refractivity contribution is 5.65. The summed E-state index contributed by atoms with van der Waals surface area (Å²) in [4.78, 5) is 10.4. The first-order valence-corrected chi connectivity index (χ1v) is 7.82. The van der Waals surface area contributed by atoms with Crippen LogP contribution in [0.4, 0.5) is 0 Å². The molecule has 1 aliphatic rings. The highest BCUT2D eigenvalue weighted by atomic mass is 16.5. The number of hydrogen-bond acceptors (Lipinski definition) is 3. The molecule has 0 unspecified atom stereocenters. The molecule has 3 nitrogen and oxygen atoms in total. The van der Waals surface area contributed by atoms with Crippen molar-refractivity contribution in [2.75, 3.05) is 6.61 Å². The number of ether oxygens (including phenoxy) is 2. The Labute approximate surface area is 136 Å². The summed E-state index contributed by atoms with van der Waals surface area (Å²) in [6, 6.07) is 17.6. The van der Waals surface area contributed by atoms with Gasteiger partial charge in [0.15, 0.2) is 0 Å². The van der Waals surface area contributed by atoms with E-state index in [0.29, 0.717) is 13.2 Å². The minimum atomic E-state index is 0.0824. The second kappa shape index (κ2) is 7.25. The van der Waals surface area contributed by atoms with Crippen LogP contribution in [-0.4, -0.2) is 12.9 Å². The Bertz CT molecular complexity index is 672. The van der Waals surface area contributed by atoms with Crippen LogP contribution in [0.3, 0.4) is 0 Å². The van der Waals surface area contributed by atoms with Gasteiger partial charge in [0.25, 0.3) is 0 Å². The fraction of sp³-hybridized carbons (Fsp3) is 0.250. The van der Waals surface area contributed by atoms with Crippen molar-refractivity contribution >= 4 is 6.29 Å². The summed E-state index contributed by atoms with van der Waals surface area (Å²) >= 11 is 0. The maximum atomic E-state index is 10.4. The Hall–Kier alpha value is -2.39. The quantitative estimate of drug-likeness (QED) is 0.531. The van der Waals surface area contributed by atoms with Gasteiger partial charge < -0.3 is 9.47 Å². The summed E-state index contributed by atoms with van der Waals surface area (Å²) in [6.07, 6.45) is 6.55. The molecule has 2 aromatic carbocycles. The molecule has 118 valence electrons. The van der Waals surface area contributed by atoms with Crippen LogP contribution in [0.2, 0.25) is 0 Å². The lowest BCUT2D eigenvalue weighted by Crippen LogP contribution is -2.07. The number of aldehydes is 1. The van der Waals surface area contributed by atoms with E-state index in [1.54, 1.807) is 6.08 Å². The van der Waals surface area contributed by atoms with Crippen LogP contribution in [0.25, 0.3) is 0 Å². The molecule has 2 aromatic rings. The third kappa shape index (κ3) is 4.54. The first-order valence-electron chi connectivity index (χ1n) is 7.82. The zero-order chi connectivity index (χ0) is 16.0. The molecule has 0 atom stereocenters. The average Bonchev–Trinajstić information content (AvgIpc) is 3.35. The number of rotatable bonds is 8. The molecule has 1 fully saturated rings. The third-order valence-electron chi connectivity index (χ3n) is 3.96. The van der Waals surface area contributed by atoms with Crippen molar-refractivity contribution in [2.45, 2.75) is 19.4 Å². The van der Waals surface area contributed by atoms with E-state index in [1.165, 1.54) is 0 Å². The van der Waals surface area contributed by atoms with Gasteiger partial charge in [-0.25, -0.2) is 0 Å². The molecule has 0 aliphatic heterocycles. The number of benzene rings is 2. The van der Waals surface area contributed by atoms with Crippen molar-refractivity contribution in [1.82, 2.24) is 0 Å². The summed E-state index contributed by atoms with van der Waals surface area (Å²) in [5.41, 5.74) is 1.16. The molecule has 0 aromatic heterocycles. The first kappa shape index (κ1) is 15.5. The van der Waals surface area contributed by atoms with Gasteiger partial charge in [-0.3, -0.25) is 4.79 Å². The van der Waals surface area contributed by atoms with E-state index in [9.17, 15) is 4.79 Å². The Kier molecular flexibility index (Phi) is 4.89. The van der Waals surface area contributed by atoms with Crippen molar-refractivity contribution in [3.8, 4) is 11.5 Å². The third-order valence-corrected chi connectivity index (χ3v) is 3.96. The van der Waals surface area contributed by atoms with E-state index < -0.39 is 0 Å². The molecular formula is C20H20O3. The van der Waals surface area contributed by atoms with Gasteiger partial charge in [0, 0.05) is 5.41 Å². The lowest BCUT2D eigenvalue weighted by molar-refractivity contribution is -0.104. The van der Waals surface area contributed by atoms with Crippen molar-refractivity contribution < 1.29 is 14.3 Å². The lowest BCUT2D eigenvalue weighted by Gasteiger charge is -2.11. The number of hydrogen-bond donors (Lipinski definition) is 0. The molecule has 0 bridgehead atoms. The van der Waals surface area contributed by atoms with Gasteiger partial charge in [0.1, 0.15) is 17.8 Å². The molecule has 0 radical (unpaired) electrons. The van der Waals surface area contributed by atoms with E-state index >= 15 is 0 Å². The predicted molar refractivity (Wildman–Crippen MR) is 89.5 cm³/mol. The Morgan fingerprint density at radius 2 is 1.78 bits per heavy atom. The van der Waals surface area contributed by atoms with Crippen molar-refractivity contribution in [2.24, 2.45) is 5.41 Å². The van der Waals surface area contributed by atoms with Crippen LogP contribution >= 0.6 is 0 Å². The highest BCUT2D eigenvalue weighted by Crippen LogP contribution is 2.47. The zero-order valence-electron chi connectivity index (χ0n) is 13.0. The standard InChI is InChI=1S/C20H20O3/c21-13-5-10-20(11-12-20)16-22-15-17-6-4-9-19(14-17)23-18-7-2-1-3-8-18/h1-10,13-14H,11-12,15-16H2. The summed E-state index contributed by atoms with van der Waals surface area (Å²) in [6.45, 7) is 1.20. The van der Waals surface area contributed by atoms with Crippen LogP contribution < -0.4 is 4.74 Å². The van der Waals surface area contributed by atoms with E-state index in [-0.39, 0.29) is 5.41 Å². The molecule has 0 spiro atoms. The average molecular weight is 308 g/mol. The molecular weight excluding hydrogens is 288 g/mol. The fourth-order valence-electron chi connectivity index (χ4n) is 2.46. The van der Waals surface area contributed by atoms with Crippen molar-refractivity contribution in [1.29, 1.82) is 0 Å². The van der Waals surface area contributed by atoms with E-state index in [1.807, 2.05) is 60.7 Å². The van der Waals surface area contributed by atoms with Crippen LogP contribution in [0.15, 0.2) is 66.7 Å². The zero-order valence-corrected chi connectivity index (χ0v) is 13.0. The van der Waals surface area contributed by atoms with Crippen molar-refractivity contribution in [3.05, 3.63) is 72.3 Å². The maximum Gasteiger partial charge on any atom is 0.142 e. The number of carbonyl (C=O) groups excluding carboxylic acids is 1. The van der Waals surface area contributed by atoms with Gasteiger partial charge in [0.05, 0.1) is 13.2 Å².